The summed E-state index contributed by atoms with van der Waals surface area (Å²) >= 11 is 0. The van der Waals surface area contributed by atoms with E-state index in [1.807, 2.05) is 10.6 Å². The van der Waals surface area contributed by atoms with Crippen LogP contribution >= 0.6 is 0 Å². The number of amides is 7. The van der Waals surface area contributed by atoms with Crippen molar-refractivity contribution in [2.24, 2.45) is 11.7 Å². The van der Waals surface area contributed by atoms with E-state index in [1.54, 1.807) is 0 Å². The van der Waals surface area contributed by atoms with Crippen molar-refractivity contribution in [3.8, 4) is 5.75 Å². The van der Waals surface area contributed by atoms with Crippen LogP contribution in [-0.4, -0.2) is 172 Å². The smallest absolute Gasteiger partial charge is 0.326 e. The first-order valence-corrected chi connectivity index (χ1v) is 22.1. The summed E-state index contributed by atoms with van der Waals surface area (Å²) in [6.45, 7) is 3.93. The van der Waals surface area contributed by atoms with E-state index in [4.69, 9.17) is 10.8 Å². The molecule has 1 aromatic rings. The molecular weight excluding hydrogens is 981 g/mol. The van der Waals surface area contributed by atoms with Crippen LogP contribution in [-0.2, 0) is 73.5 Å². The first-order chi connectivity index (χ1) is 33.8. The molecule has 0 aromatic heterocycles. The Morgan fingerprint density at radius 3 is 1.23 bits per heavy atom. The van der Waals surface area contributed by atoms with E-state index in [2.05, 4.69) is 26.6 Å². The molecule has 17 N–H and O–H groups in total. The number of aliphatic carboxylic acids is 7. The Labute approximate surface area is 414 Å². The van der Waals surface area contributed by atoms with Crippen molar-refractivity contribution < 1.29 is 108 Å². The highest BCUT2D eigenvalue weighted by molar-refractivity contribution is 6.00. The van der Waals surface area contributed by atoms with Gasteiger partial charge in [0.1, 0.15) is 47.5 Å². The van der Waals surface area contributed by atoms with E-state index in [1.165, 1.54) is 38.1 Å². The van der Waals surface area contributed by atoms with Gasteiger partial charge in [-0.1, -0.05) is 26.0 Å². The molecule has 30 heteroatoms. The summed E-state index contributed by atoms with van der Waals surface area (Å²) in [6, 6.07) is -8.20. The maximum absolute atomic E-state index is 14.4. The highest BCUT2D eigenvalue weighted by Crippen LogP contribution is 2.19. The summed E-state index contributed by atoms with van der Waals surface area (Å²) < 4.78 is 0. The number of hydrogen-bond acceptors (Lipinski definition) is 16. The van der Waals surface area contributed by atoms with Crippen molar-refractivity contribution in [1.82, 2.24) is 37.2 Å². The molecule has 73 heavy (non-hydrogen) atoms. The van der Waals surface area contributed by atoms with Gasteiger partial charge in [0.25, 0.3) is 0 Å². The number of aromatic hydroxyl groups is 1. The zero-order chi connectivity index (χ0) is 55.9. The van der Waals surface area contributed by atoms with E-state index in [9.17, 15) is 103 Å². The number of benzene rings is 1. The van der Waals surface area contributed by atoms with Crippen LogP contribution in [0.3, 0.4) is 0 Å². The van der Waals surface area contributed by atoms with Gasteiger partial charge < -0.3 is 83.8 Å². The summed E-state index contributed by atoms with van der Waals surface area (Å²) in [5.74, 6) is -21.1. The summed E-state index contributed by atoms with van der Waals surface area (Å²) in [4.78, 5) is 177. The molecule has 0 spiro atoms. The molecule has 30 nitrogen and oxygen atoms in total. The molecule has 0 bridgehead atoms. The molecule has 0 heterocycles. The molecule has 0 saturated carbocycles. The minimum absolute atomic E-state index is 0.173. The Hall–Kier alpha value is -8.44. The molecule has 0 aliphatic carbocycles. The Balaban J connectivity index is 3.75. The van der Waals surface area contributed by atoms with Gasteiger partial charge in [-0.2, -0.15) is 0 Å². The number of phenols is 1. The van der Waals surface area contributed by atoms with E-state index in [-0.39, 0.29) is 11.3 Å². The number of nitrogens with two attached hydrogens (primary N) is 1. The summed E-state index contributed by atoms with van der Waals surface area (Å²) in [7, 11) is 0. The standard InChI is InChI=1S/C43H60N8O22/c1-19(2)34(41(71)72)50-37(67)23(9-13-29(55)56)45-36(66)24(10-14-30(57)58)49-42(73)43(3,18-20-4-6-21(52)7-5-20)51-40(70)25(11-15-31(59)60)46-38(68)27(17-33(63)64)48-39(69)26(16-32(61)62)47-35(65)22(44)8-12-28(53)54/h4-7,19,22-27,34,52H,8-18,44H2,1-3H3,(H,45,66)(H,46,68)(H,47,65)(H,48,69)(H,49,73)(H,50,67)(H,51,70)(H,53,54)(H,55,56)(H,57,58)(H,59,60)(H,61,62)(H,63,64)(H,71,72)/t22-,23-,24-,25-,26-,27-,34-,43-/m0/s1. The third kappa shape index (κ3) is 23.4. The van der Waals surface area contributed by atoms with Gasteiger partial charge >= 0.3 is 41.8 Å². The van der Waals surface area contributed by atoms with E-state index in [0.717, 1.165) is 6.92 Å². The first kappa shape index (κ1) is 62.6. The van der Waals surface area contributed by atoms with Crippen molar-refractivity contribution in [2.45, 2.75) is 139 Å². The molecule has 0 radical (unpaired) electrons. The minimum atomic E-state index is -2.34. The average Bonchev–Trinajstić information content (AvgIpc) is 3.27. The second-order valence-corrected chi connectivity index (χ2v) is 17.0. The fourth-order valence-corrected chi connectivity index (χ4v) is 6.53. The Morgan fingerprint density at radius 2 is 0.836 bits per heavy atom. The van der Waals surface area contributed by atoms with Crippen LogP contribution in [0, 0.1) is 5.92 Å². The lowest BCUT2D eigenvalue weighted by Gasteiger charge is -2.34. The van der Waals surface area contributed by atoms with E-state index in [0.29, 0.717) is 0 Å². The number of carbonyl (C=O) groups excluding carboxylic acids is 7. The molecule has 8 atom stereocenters. The molecule has 7 amide bonds. The van der Waals surface area contributed by atoms with Gasteiger partial charge in [-0.15, -0.1) is 0 Å². The zero-order valence-corrected chi connectivity index (χ0v) is 39.6. The molecule has 1 rings (SSSR count). The van der Waals surface area contributed by atoms with Crippen LogP contribution in [0.4, 0.5) is 0 Å². The van der Waals surface area contributed by atoms with E-state index >= 15 is 0 Å². The monoisotopic (exact) mass is 1040 g/mol. The molecular formula is C43H60N8O22. The molecule has 0 aliphatic heterocycles. The Bertz CT molecular complexity index is 2240. The second kappa shape index (κ2) is 29.7. The van der Waals surface area contributed by atoms with Crippen molar-refractivity contribution in [3.63, 3.8) is 0 Å². The maximum Gasteiger partial charge on any atom is 0.326 e. The Kier molecular flexibility index (Phi) is 25.4. The predicted octanol–water partition coefficient (Wildman–Crippen LogP) is -3.81. The van der Waals surface area contributed by atoms with Crippen LogP contribution in [0.1, 0.15) is 90.5 Å². The highest BCUT2D eigenvalue weighted by Gasteiger charge is 2.41. The summed E-state index contributed by atoms with van der Waals surface area (Å²) in [5.41, 5.74) is 3.48. The topological polar surface area (TPSA) is 511 Å². The molecule has 404 valence electrons. The number of carbonyl (C=O) groups is 14. The normalized spacial score (nSPS) is 14.6. The van der Waals surface area contributed by atoms with Crippen molar-refractivity contribution in [2.75, 3.05) is 0 Å². The number of rotatable bonds is 34. The molecule has 0 saturated heterocycles. The summed E-state index contributed by atoms with van der Waals surface area (Å²) in [6.07, 6.45) is -8.75. The van der Waals surface area contributed by atoms with Crippen molar-refractivity contribution >= 4 is 83.1 Å². The molecule has 0 unspecified atom stereocenters. The number of hydrogen-bond donors (Lipinski definition) is 16. The quantitative estimate of drug-likeness (QED) is 0.0315. The number of nitrogens with one attached hydrogen (secondary N) is 7. The van der Waals surface area contributed by atoms with Gasteiger partial charge in [-0.3, -0.25) is 62.3 Å². The lowest BCUT2D eigenvalue weighted by atomic mass is 9.90. The molecule has 0 fully saturated rings. The van der Waals surface area contributed by atoms with Gasteiger partial charge in [-0.25, -0.2) is 4.79 Å². The van der Waals surface area contributed by atoms with Crippen molar-refractivity contribution in [3.05, 3.63) is 29.8 Å². The molecule has 0 aliphatic rings. The van der Waals surface area contributed by atoms with Crippen molar-refractivity contribution in [1.29, 1.82) is 0 Å². The number of carboxylic acids is 7. The first-order valence-electron chi connectivity index (χ1n) is 22.1. The van der Waals surface area contributed by atoms with Gasteiger partial charge in [0.05, 0.1) is 18.9 Å². The lowest BCUT2D eigenvalue weighted by Crippen LogP contribution is -2.65. The fraction of sp³-hybridized carbons (Fsp3) is 0.535. The van der Waals surface area contributed by atoms with Crippen LogP contribution in [0.25, 0.3) is 0 Å². The van der Waals surface area contributed by atoms with Gasteiger partial charge in [0.15, 0.2) is 0 Å². The third-order valence-electron chi connectivity index (χ3n) is 10.5. The van der Waals surface area contributed by atoms with Crippen LogP contribution < -0.4 is 43.0 Å². The lowest BCUT2D eigenvalue weighted by molar-refractivity contribution is -0.144. The number of phenolic OH excluding ortho intramolecular Hbond substituents is 1. The third-order valence-corrected chi connectivity index (χ3v) is 10.5. The zero-order valence-electron chi connectivity index (χ0n) is 39.6. The second-order valence-electron chi connectivity index (χ2n) is 17.0. The van der Waals surface area contributed by atoms with Crippen LogP contribution in [0.2, 0.25) is 0 Å². The van der Waals surface area contributed by atoms with Crippen LogP contribution in [0.15, 0.2) is 24.3 Å². The Morgan fingerprint density at radius 1 is 0.479 bits per heavy atom. The summed E-state index contributed by atoms with van der Waals surface area (Å²) in [5, 5.41) is 90.7. The molecule has 1 aromatic carbocycles. The van der Waals surface area contributed by atoms with Gasteiger partial charge in [0.2, 0.25) is 41.4 Å². The largest absolute Gasteiger partial charge is 0.508 e. The van der Waals surface area contributed by atoms with Gasteiger partial charge in [-0.05, 0) is 56.2 Å². The number of carboxylic acid groups (broad SMARTS) is 7. The fourth-order valence-electron chi connectivity index (χ4n) is 6.53. The predicted molar refractivity (Wildman–Crippen MR) is 242 cm³/mol. The highest BCUT2D eigenvalue weighted by atomic mass is 16.4. The SMILES string of the molecule is CC(C)[C@H](NC(=O)[C@H](CCC(=O)O)NC(=O)[C@H](CCC(=O)O)NC(=O)[C@](C)(Cc1ccc(O)cc1)NC(=O)[C@H](CCC(=O)O)NC(=O)[C@H](CC(=O)O)NC(=O)[C@H](CC(=O)O)NC(=O)[C@@H](N)CCC(=O)O)C(=O)O. The van der Waals surface area contributed by atoms with Gasteiger partial charge in [0, 0.05) is 32.1 Å². The maximum atomic E-state index is 14.4. The van der Waals surface area contributed by atoms with E-state index < -0.39 is 208 Å². The van der Waals surface area contributed by atoms with Crippen LogP contribution in [0.5, 0.6) is 5.75 Å². The minimum Gasteiger partial charge on any atom is -0.508 e. The average molecular weight is 1040 g/mol.